The number of primary amides is 1. The second-order valence-electron chi connectivity index (χ2n) is 4.89. The molecular formula is C13H20N2O2. The fourth-order valence-electron chi connectivity index (χ4n) is 1.43. The molecule has 0 saturated heterocycles. The summed E-state index contributed by atoms with van der Waals surface area (Å²) >= 11 is 0. The van der Waals surface area contributed by atoms with Gasteiger partial charge in [0.05, 0.1) is 6.61 Å². The molecule has 0 bridgehead atoms. The SMILES string of the molecule is CN(Cc1cccc(C(N)=O)c1)C(C)(C)CO. The number of nitrogens with two attached hydrogens (primary N) is 1. The molecule has 0 aliphatic heterocycles. The minimum Gasteiger partial charge on any atom is -0.394 e. The first-order chi connectivity index (χ1) is 7.86. The van der Waals surface area contributed by atoms with Crippen molar-refractivity contribution in [3.05, 3.63) is 35.4 Å². The second kappa shape index (κ2) is 5.29. The standard InChI is InChI=1S/C13H20N2O2/c1-13(2,9-16)15(3)8-10-5-4-6-11(7-10)12(14)17/h4-7,16H,8-9H2,1-3H3,(H2,14,17). The van der Waals surface area contributed by atoms with Crippen LogP contribution < -0.4 is 5.73 Å². The van der Waals surface area contributed by atoms with Gasteiger partial charge in [0.15, 0.2) is 0 Å². The fraction of sp³-hybridized carbons (Fsp3) is 0.462. The third-order valence-corrected chi connectivity index (χ3v) is 3.05. The smallest absolute Gasteiger partial charge is 0.248 e. The molecule has 0 spiro atoms. The second-order valence-corrected chi connectivity index (χ2v) is 4.89. The normalized spacial score (nSPS) is 11.8. The molecule has 3 N–H and O–H groups in total. The molecule has 0 aromatic heterocycles. The third-order valence-electron chi connectivity index (χ3n) is 3.05. The predicted octanol–water partition coefficient (Wildman–Crippen LogP) is 0.988. The van der Waals surface area contributed by atoms with Gasteiger partial charge in [-0.05, 0) is 38.6 Å². The van der Waals surface area contributed by atoms with Crippen LogP contribution in [0.3, 0.4) is 0 Å². The fourth-order valence-corrected chi connectivity index (χ4v) is 1.43. The summed E-state index contributed by atoms with van der Waals surface area (Å²) in [6.07, 6.45) is 0. The maximum Gasteiger partial charge on any atom is 0.248 e. The number of benzene rings is 1. The number of rotatable bonds is 5. The molecule has 4 heteroatoms. The number of aliphatic hydroxyl groups excluding tert-OH is 1. The minimum atomic E-state index is -0.420. The maximum absolute atomic E-state index is 11.1. The van der Waals surface area contributed by atoms with Crippen LogP contribution in [0.15, 0.2) is 24.3 Å². The van der Waals surface area contributed by atoms with Gasteiger partial charge in [-0.1, -0.05) is 12.1 Å². The van der Waals surface area contributed by atoms with Gasteiger partial charge in [-0.25, -0.2) is 0 Å². The van der Waals surface area contributed by atoms with E-state index in [1.165, 1.54) is 0 Å². The van der Waals surface area contributed by atoms with Crippen LogP contribution in [0, 0.1) is 0 Å². The zero-order valence-corrected chi connectivity index (χ0v) is 10.6. The van der Waals surface area contributed by atoms with Crippen LogP contribution in [0.2, 0.25) is 0 Å². The van der Waals surface area contributed by atoms with Crippen molar-refractivity contribution in [3.8, 4) is 0 Å². The zero-order valence-electron chi connectivity index (χ0n) is 10.6. The Morgan fingerprint density at radius 2 is 2.12 bits per heavy atom. The van der Waals surface area contributed by atoms with Crippen molar-refractivity contribution in [1.82, 2.24) is 4.90 Å². The first-order valence-corrected chi connectivity index (χ1v) is 5.57. The van der Waals surface area contributed by atoms with Crippen LogP contribution in [-0.2, 0) is 6.54 Å². The predicted molar refractivity (Wildman–Crippen MR) is 67.6 cm³/mol. The van der Waals surface area contributed by atoms with E-state index in [1.54, 1.807) is 12.1 Å². The van der Waals surface area contributed by atoms with E-state index in [9.17, 15) is 9.90 Å². The van der Waals surface area contributed by atoms with E-state index in [0.717, 1.165) is 5.56 Å². The van der Waals surface area contributed by atoms with E-state index in [1.807, 2.05) is 37.9 Å². The molecule has 0 radical (unpaired) electrons. The summed E-state index contributed by atoms with van der Waals surface area (Å²) in [5, 5.41) is 9.27. The topological polar surface area (TPSA) is 66.6 Å². The minimum absolute atomic E-state index is 0.0824. The van der Waals surface area contributed by atoms with Gasteiger partial charge in [-0.15, -0.1) is 0 Å². The Kier molecular flexibility index (Phi) is 4.26. The molecule has 1 aromatic carbocycles. The first-order valence-electron chi connectivity index (χ1n) is 5.57. The first kappa shape index (κ1) is 13.7. The van der Waals surface area contributed by atoms with Gasteiger partial charge in [-0.2, -0.15) is 0 Å². The molecular weight excluding hydrogens is 216 g/mol. The Balaban J connectivity index is 2.82. The molecule has 1 amide bonds. The molecule has 17 heavy (non-hydrogen) atoms. The van der Waals surface area contributed by atoms with Gasteiger partial charge >= 0.3 is 0 Å². The summed E-state index contributed by atoms with van der Waals surface area (Å²) in [5.41, 5.74) is 6.46. The van der Waals surface area contributed by atoms with Gasteiger partial charge in [-0.3, -0.25) is 9.69 Å². The highest BCUT2D eigenvalue weighted by Crippen LogP contribution is 2.15. The van der Waals surface area contributed by atoms with E-state index in [-0.39, 0.29) is 12.1 Å². The lowest BCUT2D eigenvalue weighted by Crippen LogP contribution is -2.43. The number of amides is 1. The number of hydrogen-bond acceptors (Lipinski definition) is 3. The lowest BCUT2D eigenvalue weighted by Gasteiger charge is -2.33. The van der Waals surface area contributed by atoms with E-state index in [4.69, 9.17) is 5.73 Å². The van der Waals surface area contributed by atoms with Crippen LogP contribution in [0.4, 0.5) is 0 Å². The lowest BCUT2D eigenvalue weighted by molar-refractivity contribution is 0.0733. The van der Waals surface area contributed by atoms with Crippen molar-refractivity contribution < 1.29 is 9.90 Å². The molecule has 0 unspecified atom stereocenters. The van der Waals surface area contributed by atoms with E-state index in [2.05, 4.69) is 0 Å². The highest BCUT2D eigenvalue weighted by molar-refractivity contribution is 5.92. The number of hydrogen-bond donors (Lipinski definition) is 2. The molecule has 94 valence electrons. The summed E-state index contributed by atoms with van der Waals surface area (Å²) in [7, 11) is 1.94. The number of carbonyl (C=O) groups is 1. The molecule has 0 aliphatic rings. The van der Waals surface area contributed by atoms with Gasteiger partial charge in [0, 0.05) is 17.6 Å². The van der Waals surface area contributed by atoms with Crippen molar-refractivity contribution >= 4 is 5.91 Å². The molecule has 0 atom stereocenters. The van der Waals surface area contributed by atoms with Gasteiger partial charge in [0.2, 0.25) is 5.91 Å². The van der Waals surface area contributed by atoms with Crippen LogP contribution in [0.5, 0.6) is 0 Å². The summed E-state index contributed by atoms with van der Waals surface area (Å²) in [5.74, 6) is -0.420. The van der Waals surface area contributed by atoms with Crippen molar-refractivity contribution in [1.29, 1.82) is 0 Å². The van der Waals surface area contributed by atoms with Crippen molar-refractivity contribution in [2.45, 2.75) is 25.9 Å². The molecule has 0 heterocycles. The highest BCUT2D eigenvalue weighted by atomic mass is 16.3. The van der Waals surface area contributed by atoms with Gasteiger partial charge in [0.1, 0.15) is 0 Å². The largest absolute Gasteiger partial charge is 0.394 e. The average Bonchev–Trinajstić information content (AvgIpc) is 2.29. The molecule has 0 aliphatic carbocycles. The quantitative estimate of drug-likeness (QED) is 0.801. The molecule has 4 nitrogen and oxygen atoms in total. The molecule has 0 saturated carbocycles. The zero-order chi connectivity index (χ0) is 13.1. The summed E-state index contributed by atoms with van der Waals surface area (Å²) in [6.45, 7) is 4.67. The van der Waals surface area contributed by atoms with Crippen LogP contribution in [0.1, 0.15) is 29.8 Å². The van der Waals surface area contributed by atoms with Crippen LogP contribution in [-0.4, -0.2) is 35.1 Å². The number of nitrogens with zero attached hydrogens (tertiary/aromatic N) is 1. The Labute approximate surface area is 102 Å². The van der Waals surface area contributed by atoms with Crippen molar-refractivity contribution in [2.75, 3.05) is 13.7 Å². The number of carbonyl (C=O) groups excluding carboxylic acids is 1. The number of likely N-dealkylation sites (N-methyl/N-ethyl adjacent to an activating group) is 1. The number of aliphatic hydroxyl groups is 1. The Morgan fingerprint density at radius 1 is 1.47 bits per heavy atom. The highest BCUT2D eigenvalue weighted by Gasteiger charge is 2.22. The van der Waals surface area contributed by atoms with E-state index >= 15 is 0 Å². The summed E-state index contributed by atoms with van der Waals surface area (Å²) in [4.78, 5) is 13.1. The van der Waals surface area contributed by atoms with Gasteiger partial charge in [0.25, 0.3) is 0 Å². The Bertz CT molecular complexity index is 402. The summed E-state index contributed by atoms with van der Waals surface area (Å²) in [6, 6.07) is 7.24. The average molecular weight is 236 g/mol. The molecule has 1 aromatic rings. The summed E-state index contributed by atoms with van der Waals surface area (Å²) < 4.78 is 0. The Hall–Kier alpha value is -1.39. The Morgan fingerprint density at radius 3 is 2.65 bits per heavy atom. The van der Waals surface area contributed by atoms with Gasteiger partial charge < -0.3 is 10.8 Å². The van der Waals surface area contributed by atoms with Crippen LogP contribution >= 0.6 is 0 Å². The monoisotopic (exact) mass is 236 g/mol. The van der Waals surface area contributed by atoms with E-state index in [0.29, 0.717) is 12.1 Å². The van der Waals surface area contributed by atoms with Crippen molar-refractivity contribution in [2.24, 2.45) is 5.73 Å². The lowest BCUT2D eigenvalue weighted by atomic mass is 10.0. The van der Waals surface area contributed by atoms with Crippen LogP contribution in [0.25, 0.3) is 0 Å². The van der Waals surface area contributed by atoms with Crippen molar-refractivity contribution in [3.63, 3.8) is 0 Å². The third kappa shape index (κ3) is 3.54. The molecule has 1 rings (SSSR count). The molecule has 0 fully saturated rings. The maximum atomic E-state index is 11.1. The van der Waals surface area contributed by atoms with E-state index < -0.39 is 5.91 Å².